The van der Waals surface area contributed by atoms with E-state index >= 15 is 0 Å². The highest BCUT2D eigenvalue weighted by atomic mass is 32.1. The Morgan fingerprint density at radius 2 is 2.04 bits per heavy atom. The maximum absolute atomic E-state index is 13.1. The molecule has 2 aliphatic rings. The van der Waals surface area contributed by atoms with Crippen LogP contribution in [-0.4, -0.2) is 43.0 Å². The Morgan fingerprint density at radius 1 is 1.19 bits per heavy atom. The average Bonchev–Trinajstić information content (AvgIpc) is 3.23. The summed E-state index contributed by atoms with van der Waals surface area (Å²) in [4.78, 5) is 27.0. The molecule has 4 heterocycles. The molecule has 6 nitrogen and oxygen atoms in total. The molecular formula is C20H25N5OS. The van der Waals surface area contributed by atoms with Gasteiger partial charge in [0, 0.05) is 17.5 Å². The van der Waals surface area contributed by atoms with Crippen LogP contribution in [0.3, 0.4) is 0 Å². The Morgan fingerprint density at radius 3 is 2.85 bits per heavy atom. The molecule has 3 aromatic rings. The average molecular weight is 384 g/mol. The number of piperidine rings is 1. The normalized spacial score (nSPS) is 23.1. The molecule has 1 aliphatic carbocycles. The minimum absolute atomic E-state index is 0.0454. The number of rotatable bonds is 1. The second kappa shape index (κ2) is 6.26. The largest absolute Gasteiger partial charge is 0.333 e. The zero-order valence-corrected chi connectivity index (χ0v) is 17.0. The summed E-state index contributed by atoms with van der Waals surface area (Å²) in [5.41, 5.74) is 2.18. The van der Waals surface area contributed by atoms with E-state index in [-0.39, 0.29) is 11.9 Å². The lowest BCUT2D eigenvalue weighted by Gasteiger charge is -2.32. The number of fused-ring (bicyclic) bond motifs is 5. The van der Waals surface area contributed by atoms with Crippen molar-refractivity contribution in [2.75, 3.05) is 6.54 Å². The van der Waals surface area contributed by atoms with Crippen molar-refractivity contribution in [1.82, 2.24) is 24.5 Å². The van der Waals surface area contributed by atoms with Gasteiger partial charge in [-0.3, -0.25) is 4.79 Å². The van der Waals surface area contributed by atoms with Crippen LogP contribution in [0, 0.1) is 12.8 Å². The highest BCUT2D eigenvalue weighted by Gasteiger charge is 2.29. The number of thiophene rings is 1. The van der Waals surface area contributed by atoms with E-state index in [9.17, 15) is 4.79 Å². The van der Waals surface area contributed by atoms with Crippen molar-refractivity contribution < 1.29 is 4.79 Å². The summed E-state index contributed by atoms with van der Waals surface area (Å²) in [6, 6.07) is 0.256. The van der Waals surface area contributed by atoms with Gasteiger partial charge in [-0.2, -0.15) is 4.52 Å². The topological polar surface area (TPSA) is 63.4 Å². The van der Waals surface area contributed by atoms with Crippen molar-refractivity contribution in [1.29, 1.82) is 0 Å². The highest BCUT2D eigenvalue weighted by Crippen LogP contribution is 2.39. The van der Waals surface area contributed by atoms with Crippen molar-refractivity contribution in [3.63, 3.8) is 0 Å². The number of hydrogen-bond acceptors (Lipinski definition) is 5. The molecule has 2 atom stereocenters. The molecule has 0 unspecified atom stereocenters. The fourth-order valence-electron chi connectivity index (χ4n) is 4.57. The molecule has 0 radical (unpaired) electrons. The first-order valence-electron chi connectivity index (χ1n) is 10.0. The molecule has 1 amide bonds. The maximum atomic E-state index is 13.1. The number of hydrogen-bond donors (Lipinski definition) is 0. The van der Waals surface area contributed by atoms with Gasteiger partial charge in [0.15, 0.2) is 5.65 Å². The van der Waals surface area contributed by atoms with Crippen molar-refractivity contribution in [2.45, 2.75) is 65.3 Å². The molecule has 0 spiro atoms. The smallest absolute Gasteiger partial charge is 0.293 e. The summed E-state index contributed by atoms with van der Waals surface area (Å²) < 4.78 is 1.77. The van der Waals surface area contributed by atoms with Gasteiger partial charge in [-0.25, -0.2) is 9.97 Å². The van der Waals surface area contributed by atoms with Crippen LogP contribution in [0.25, 0.3) is 15.9 Å². The zero-order valence-electron chi connectivity index (χ0n) is 16.2. The standard InChI is InChI=1S/C20H25N5OS/c1-11-7-8-15-14(10-11)16-18-22-17(20(26)24-9-5-4-6-12(24)2)23-25(18)13(3)21-19(16)27-15/h11-12H,4-10H2,1-3H3/t11-,12-/m1/s1. The predicted octanol–water partition coefficient (Wildman–Crippen LogP) is 3.79. The molecule has 5 rings (SSSR count). The molecule has 0 N–H and O–H groups in total. The van der Waals surface area contributed by atoms with E-state index in [1.165, 1.54) is 23.3 Å². The summed E-state index contributed by atoms with van der Waals surface area (Å²) in [5.74, 6) is 1.73. The number of aromatic nitrogens is 4. The first kappa shape index (κ1) is 17.1. The zero-order chi connectivity index (χ0) is 18.7. The van der Waals surface area contributed by atoms with E-state index in [4.69, 9.17) is 9.97 Å². The molecule has 0 bridgehead atoms. The molecule has 0 aromatic carbocycles. The van der Waals surface area contributed by atoms with E-state index < -0.39 is 0 Å². The number of amides is 1. The number of carbonyl (C=O) groups is 1. The van der Waals surface area contributed by atoms with E-state index in [0.717, 1.165) is 53.9 Å². The van der Waals surface area contributed by atoms with E-state index in [1.807, 2.05) is 11.8 Å². The number of carbonyl (C=O) groups excluding carboxylic acids is 1. The van der Waals surface area contributed by atoms with Crippen LogP contribution in [0.15, 0.2) is 0 Å². The lowest BCUT2D eigenvalue weighted by atomic mass is 9.89. The van der Waals surface area contributed by atoms with E-state index in [2.05, 4.69) is 18.9 Å². The molecule has 27 heavy (non-hydrogen) atoms. The van der Waals surface area contributed by atoms with Crippen molar-refractivity contribution >= 4 is 33.1 Å². The molecule has 3 aromatic heterocycles. The molecular weight excluding hydrogens is 358 g/mol. The van der Waals surface area contributed by atoms with Crippen molar-refractivity contribution in [3.8, 4) is 0 Å². The Balaban J connectivity index is 1.66. The summed E-state index contributed by atoms with van der Waals surface area (Å²) in [6.07, 6.45) is 6.72. The van der Waals surface area contributed by atoms with Crippen LogP contribution in [0.5, 0.6) is 0 Å². The summed E-state index contributed by atoms with van der Waals surface area (Å²) in [5, 5.41) is 5.69. The van der Waals surface area contributed by atoms with Gasteiger partial charge in [-0.1, -0.05) is 6.92 Å². The lowest BCUT2D eigenvalue weighted by Crippen LogP contribution is -2.42. The minimum Gasteiger partial charge on any atom is -0.333 e. The monoisotopic (exact) mass is 383 g/mol. The quantitative estimate of drug-likeness (QED) is 0.641. The Hall–Kier alpha value is -2.02. The van der Waals surface area contributed by atoms with E-state index in [1.54, 1.807) is 15.9 Å². The van der Waals surface area contributed by atoms with E-state index in [0.29, 0.717) is 11.7 Å². The molecule has 1 saturated heterocycles. The van der Waals surface area contributed by atoms with Crippen LogP contribution in [-0.2, 0) is 12.8 Å². The first-order valence-corrected chi connectivity index (χ1v) is 10.8. The molecule has 142 valence electrons. The summed E-state index contributed by atoms with van der Waals surface area (Å²) in [7, 11) is 0. The van der Waals surface area contributed by atoms with Crippen LogP contribution in [0.2, 0.25) is 0 Å². The molecule has 1 aliphatic heterocycles. The van der Waals surface area contributed by atoms with Gasteiger partial charge in [-0.05, 0) is 63.9 Å². The third kappa shape index (κ3) is 2.66. The van der Waals surface area contributed by atoms with Gasteiger partial charge in [0.05, 0.1) is 5.39 Å². The third-order valence-corrected chi connectivity index (χ3v) is 7.33. The SMILES string of the molecule is Cc1nc2sc3c(c2c2nc(C(=O)N4CCCC[C@H]4C)nn12)C[C@H](C)CC3. The summed E-state index contributed by atoms with van der Waals surface area (Å²) in [6.45, 7) is 7.17. The maximum Gasteiger partial charge on any atom is 0.293 e. The lowest BCUT2D eigenvalue weighted by molar-refractivity contribution is 0.0623. The van der Waals surface area contributed by atoms with Gasteiger partial charge >= 0.3 is 0 Å². The Kier molecular flexibility index (Phi) is 3.96. The Bertz CT molecular complexity index is 1050. The van der Waals surface area contributed by atoms with Gasteiger partial charge in [-0.15, -0.1) is 16.4 Å². The fraction of sp³-hybridized carbons (Fsp3) is 0.600. The van der Waals surface area contributed by atoms with Crippen LogP contribution in [0.1, 0.15) is 66.4 Å². The third-order valence-electron chi connectivity index (χ3n) is 6.14. The van der Waals surface area contributed by atoms with Gasteiger partial charge in [0.2, 0.25) is 5.82 Å². The van der Waals surface area contributed by atoms with Gasteiger partial charge in [0.25, 0.3) is 5.91 Å². The molecule has 1 fully saturated rings. The predicted molar refractivity (Wildman–Crippen MR) is 106 cm³/mol. The van der Waals surface area contributed by atoms with Crippen LogP contribution >= 0.6 is 11.3 Å². The number of aryl methyl sites for hydroxylation is 2. The number of nitrogens with zero attached hydrogens (tertiary/aromatic N) is 5. The van der Waals surface area contributed by atoms with Gasteiger partial charge < -0.3 is 4.90 Å². The number of likely N-dealkylation sites (tertiary alicyclic amines) is 1. The molecule has 0 saturated carbocycles. The minimum atomic E-state index is -0.0454. The second-order valence-corrected chi connectivity index (χ2v) is 9.29. The van der Waals surface area contributed by atoms with Crippen LogP contribution in [0.4, 0.5) is 0 Å². The highest BCUT2D eigenvalue weighted by molar-refractivity contribution is 7.19. The first-order chi connectivity index (χ1) is 13.0. The Labute approximate surface area is 162 Å². The molecule has 7 heteroatoms. The van der Waals surface area contributed by atoms with Crippen molar-refractivity contribution in [3.05, 3.63) is 22.1 Å². The summed E-state index contributed by atoms with van der Waals surface area (Å²) >= 11 is 1.79. The van der Waals surface area contributed by atoms with Gasteiger partial charge in [0.1, 0.15) is 10.7 Å². The van der Waals surface area contributed by atoms with Crippen molar-refractivity contribution in [2.24, 2.45) is 5.92 Å². The second-order valence-electron chi connectivity index (χ2n) is 8.21. The fourth-order valence-corrected chi connectivity index (χ4v) is 5.82. The van der Waals surface area contributed by atoms with Crippen LogP contribution < -0.4 is 0 Å².